The molecule has 9 heavy (non-hydrogen) atoms. The van der Waals surface area contributed by atoms with E-state index >= 15 is 0 Å². The Morgan fingerprint density at radius 1 is 1.33 bits per heavy atom. The maximum absolute atomic E-state index is 5.40. The van der Waals surface area contributed by atoms with Crippen LogP contribution < -0.4 is 0 Å². The molecule has 0 aromatic carbocycles. The normalized spacial score (nSPS) is 13.7. The largest absolute Gasteiger partial charge is 0.0965 e. The Hall–Kier alpha value is 1.62. The molecule has 0 amide bonds. The fourth-order valence-corrected chi connectivity index (χ4v) is 9.13. The summed E-state index contributed by atoms with van der Waals surface area (Å²) in [4.78, 5) is 0. The summed E-state index contributed by atoms with van der Waals surface area (Å²) in [6, 6.07) is 0. The molecule has 0 aromatic rings. The molecular formula is C4H12S5. The van der Waals surface area contributed by atoms with Crippen molar-refractivity contribution in [3.63, 3.8) is 0 Å². The molecule has 0 nitrogen and oxygen atoms in total. The van der Waals surface area contributed by atoms with Gasteiger partial charge in [-0.15, -0.1) is 0 Å². The molecule has 0 saturated heterocycles. The van der Waals surface area contributed by atoms with Crippen molar-refractivity contribution >= 4 is 49.3 Å². The van der Waals surface area contributed by atoms with Gasteiger partial charge in [-0.05, 0) is 23.7 Å². The highest BCUT2D eigenvalue weighted by Crippen LogP contribution is 2.42. The molecule has 0 atom stereocenters. The summed E-state index contributed by atoms with van der Waals surface area (Å²) in [5, 5.41) is 0. The lowest BCUT2D eigenvalue weighted by Crippen LogP contribution is -1.89. The highest BCUT2D eigenvalue weighted by molar-refractivity contribution is 9.41. The Bertz CT molecular complexity index is 102. The number of thiol groups is 1. The van der Waals surface area contributed by atoms with Crippen LogP contribution in [0.5, 0.6) is 0 Å². The summed E-state index contributed by atoms with van der Waals surface area (Å²) in [5.74, 6) is 1.15. The third-order valence-electron chi connectivity index (χ3n) is 0.734. The van der Waals surface area contributed by atoms with E-state index in [0.29, 0.717) is 0 Å². The van der Waals surface area contributed by atoms with Crippen molar-refractivity contribution in [2.24, 2.45) is 0 Å². The summed E-state index contributed by atoms with van der Waals surface area (Å²) in [6.45, 7) is 2.16. The Morgan fingerprint density at radius 2 is 1.78 bits per heavy atom. The van der Waals surface area contributed by atoms with Crippen molar-refractivity contribution in [1.29, 1.82) is 0 Å². The van der Waals surface area contributed by atoms with Crippen LogP contribution in [0.2, 0.25) is 0 Å². The Labute approximate surface area is 74.1 Å². The molecule has 0 bridgehead atoms. The molecule has 0 N–H and O–H groups in total. The predicted octanol–water partition coefficient (Wildman–Crippen LogP) is 2.56. The molecule has 0 rings (SSSR count). The molecule has 58 valence electrons. The molecule has 0 heterocycles. The van der Waals surface area contributed by atoms with Crippen molar-refractivity contribution in [1.82, 2.24) is 0 Å². The predicted molar refractivity (Wildman–Crippen MR) is 61.3 cm³/mol. The maximum atomic E-state index is 5.40. The van der Waals surface area contributed by atoms with Crippen LogP contribution in [-0.2, 0) is 16.9 Å². The molecule has 0 saturated carbocycles. The van der Waals surface area contributed by atoms with Gasteiger partial charge in [-0.25, -0.2) is 0 Å². The summed E-state index contributed by atoms with van der Waals surface area (Å²) in [6.07, 6.45) is 4.22. The second-order valence-corrected chi connectivity index (χ2v) is 17.4. The Morgan fingerprint density at radius 3 is 1.89 bits per heavy atom. The van der Waals surface area contributed by atoms with Gasteiger partial charge in [-0.3, -0.25) is 0 Å². The highest BCUT2D eigenvalue weighted by Gasteiger charge is 2.05. The monoisotopic (exact) mass is 220 g/mol. The molecule has 0 aromatic heterocycles. The summed E-state index contributed by atoms with van der Waals surface area (Å²) in [7, 11) is 5.63. The number of hydrogen-bond acceptors (Lipinski definition) is 4. The van der Waals surface area contributed by atoms with E-state index in [1.165, 1.54) is 0 Å². The van der Waals surface area contributed by atoms with E-state index in [0.717, 1.165) is 5.75 Å². The van der Waals surface area contributed by atoms with Gasteiger partial charge in [-0.1, -0.05) is 45.0 Å². The summed E-state index contributed by atoms with van der Waals surface area (Å²) >= 11 is 5.40. The average Bonchev–Trinajstić information content (AvgIpc) is 1.89. The van der Waals surface area contributed by atoms with E-state index in [9.17, 15) is 0 Å². The van der Waals surface area contributed by atoms with Crippen molar-refractivity contribution in [3.05, 3.63) is 0 Å². The van der Waals surface area contributed by atoms with E-state index < -0.39 is 5.68 Å². The lowest BCUT2D eigenvalue weighted by molar-refractivity contribution is 1.54. The minimum atomic E-state index is -1.10. The summed E-state index contributed by atoms with van der Waals surface area (Å²) < 4.78 is 0. The quantitative estimate of drug-likeness (QED) is 0.571. The van der Waals surface area contributed by atoms with Crippen LogP contribution in [0.25, 0.3) is 0 Å². The molecule has 0 radical (unpaired) electrons. The first-order valence-electron chi connectivity index (χ1n) is 2.54. The zero-order valence-electron chi connectivity index (χ0n) is 5.79. The van der Waals surface area contributed by atoms with Crippen LogP contribution in [0.4, 0.5) is 0 Å². The molecule has 0 aliphatic carbocycles. The van der Waals surface area contributed by atoms with Crippen LogP contribution in [0.3, 0.4) is 0 Å². The topological polar surface area (TPSA) is 0 Å². The third kappa shape index (κ3) is 4.14. The second-order valence-electron chi connectivity index (χ2n) is 1.23. The minimum absolute atomic E-state index is 1.10. The zero-order valence-corrected chi connectivity index (χ0v) is 9.95. The van der Waals surface area contributed by atoms with Crippen molar-refractivity contribution in [3.8, 4) is 0 Å². The molecule has 0 aliphatic heterocycles. The van der Waals surface area contributed by atoms with Gasteiger partial charge in [0, 0.05) is 5.75 Å². The SMILES string of the molecule is CCS[SH](=S)(SC)SC. The Balaban J connectivity index is 3.78. The van der Waals surface area contributed by atoms with Crippen LogP contribution in [0, 0.1) is 0 Å². The van der Waals surface area contributed by atoms with Gasteiger partial charge >= 0.3 is 0 Å². The molecule has 0 fully saturated rings. The van der Waals surface area contributed by atoms with E-state index in [1.807, 2.05) is 32.4 Å². The molecule has 0 spiro atoms. The van der Waals surface area contributed by atoms with E-state index in [4.69, 9.17) is 11.2 Å². The Kier molecular flexibility index (Phi) is 6.25. The molecule has 0 aliphatic rings. The van der Waals surface area contributed by atoms with Gasteiger partial charge in [0.25, 0.3) is 0 Å². The van der Waals surface area contributed by atoms with E-state index in [-0.39, 0.29) is 0 Å². The van der Waals surface area contributed by atoms with Gasteiger partial charge in [0.2, 0.25) is 0 Å². The van der Waals surface area contributed by atoms with Crippen molar-refractivity contribution in [2.45, 2.75) is 6.92 Å². The number of hydrogen-bond donors (Lipinski definition) is 1. The van der Waals surface area contributed by atoms with E-state index in [2.05, 4.69) is 19.4 Å². The number of rotatable bonds is 4. The van der Waals surface area contributed by atoms with Crippen LogP contribution in [0.15, 0.2) is 0 Å². The first-order chi connectivity index (χ1) is 4.18. The van der Waals surface area contributed by atoms with Gasteiger partial charge in [-0.2, -0.15) is 0 Å². The van der Waals surface area contributed by atoms with Gasteiger partial charge in [0.15, 0.2) is 0 Å². The fourth-order valence-electron chi connectivity index (χ4n) is 0.338. The molecule has 0 unspecified atom stereocenters. The van der Waals surface area contributed by atoms with Gasteiger partial charge in [0.1, 0.15) is 0 Å². The van der Waals surface area contributed by atoms with Gasteiger partial charge < -0.3 is 0 Å². The molecule has 5 heteroatoms. The second kappa shape index (κ2) is 5.29. The van der Waals surface area contributed by atoms with Gasteiger partial charge in [0.05, 0.1) is 0 Å². The lowest BCUT2D eigenvalue weighted by atomic mass is 11.0. The zero-order chi connectivity index (χ0) is 7.33. The first kappa shape index (κ1) is 10.6. The van der Waals surface area contributed by atoms with Crippen molar-refractivity contribution < 1.29 is 0 Å². The van der Waals surface area contributed by atoms with Crippen LogP contribution in [0.1, 0.15) is 6.92 Å². The highest BCUT2D eigenvalue weighted by atomic mass is 34.0. The average molecular weight is 220 g/mol. The molecular weight excluding hydrogens is 208 g/mol. The van der Waals surface area contributed by atoms with E-state index in [1.54, 1.807) is 0 Å². The standard InChI is InChI=1S/C4H12S5/c1-4-8-9(5,6-2)7-3/h9H,4H2,1-3H3. The maximum Gasteiger partial charge on any atom is 0.000883 e. The summed E-state index contributed by atoms with van der Waals surface area (Å²) in [5.41, 5.74) is -1.10. The first-order valence-corrected chi connectivity index (χ1v) is 10.6. The minimum Gasteiger partial charge on any atom is -0.0965 e. The fraction of sp³-hybridized carbons (Fsp3) is 1.00. The lowest BCUT2D eigenvalue weighted by Gasteiger charge is -2.19. The third-order valence-corrected chi connectivity index (χ3v) is 17.5. The van der Waals surface area contributed by atoms with Crippen LogP contribution >= 0.6 is 32.4 Å². The van der Waals surface area contributed by atoms with Crippen LogP contribution in [-0.4, -0.2) is 18.3 Å². The smallest absolute Gasteiger partial charge is 0.000883 e. The van der Waals surface area contributed by atoms with Crippen molar-refractivity contribution in [2.75, 3.05) is 18.3 Å².